The number of carbonyl (C=O) groups is 2. The van der Waals surface area contributed by atoms with Gasteiger partial charge in [-0.2, -0.15) is 0 Å². The minimum absolute atomic E-state index is 0.0457. The SMILES string of the molecule is NS(=O)(=O)C1CC(=O)N(C(C(=O)O)C2CC2)C1. The highest BCUT2D eigenvalue weighted by Gasteiger charge is 2.47. The number of nitrogens with two attached hydrogens (primary N) is 1. The van der Waals surface area contributed by atoms with Crippen molar-refractivity contribution in [3.63, 3.8) is 0 Å². The topological polar surface area (TPSA) is 118 Å². The van der Waals surface area contributed by atoms with Crippen LogP contribution < -0.4 is 5.14 Å². The minimum atomic E-state index is -3.79. The van der Waals surface area contributed by atoms with Gasteiger partial charge in [0.15, 0.2) is 0 Å². The molecule has 96 valence electrons. The summed E-state index contributed by atoms with van der Waals surface area (Å²) in [4.78, 5) is 23.9. The Morgan fingerprint density at radius 3 is 2.41 bits per heavy atom. The maximum absolute atomic E-state index is 11.7. The van der Waals surface area contributed by atoms with Gasteiger partial charge in [0.05, 0.1) is 0 Å². The summed E-state index contributed by atoms with van der Waals surface area (Å²) < 4.78 is 22.3. The number of primary sulfonamides is 1. The van der Waals surface area contributed by atoms with Crippen molar-refractivity contribution in [1.29, 1.82) is 0 Å². The molecule has 7 nitrogen and oxygen atoms in total. The van der Waals surface area contributed by atoms with Gasteiger partial charge in [-0.1, -0.05) is 0 Å². The normalized spacial score (nSPS) is 27.2. The quantitative estimate of drug-likeness (QED) is 0.655. The molecule has 2 rings (SSSR count). The predicted molar refractivity (Wildman–Crippen MR) is 57.4 cm³/mol. The van der Waals surface area contributed by atoms with Gasteiger partial charge < -0.3 is 10.0 Å². The van der Waals surface area contributed by atoms with Crippen LogP contribution >= 0.6 is 0 Å². The van der Waals surface area contributed by atoms with Crippen molar-refractivity contribution in [2.24, 2.45) is 11.1 Å². The second-order valence-electron chi connectivity index (χ2n) is 4.58. The molecule has 2 aliphatic rings. The van der Waals surface area contributed by atoms with Crippen molar-refractivity contribution < 1.29 is 23.1 Å². The van der Waals surface area contributed by atoms with Crippen LogP contribution in [0.15, 0.2) is 0 Å². The zero-order chi connectivity index (χ0) is 12.8. The highest BCUT2D eigenvalue weighted by atomic mass is 32.2. The van der Waals surface area contributed by atoms with Gasteiger partial charge in [0.2, 0.25) is 15.9 Å². The number of carboxylic acid groups (broad SMARTS) is 1. The van der Waals surface area contributed by atoms with Crippen LogP contribution in [0.5, 0.6) is 0 Å². The van der Waals surface area contributed by atoms with Crippen molar-refractivity contribution in [2.75, 3.05) is 6.54 Å². The van der Waals surface area contributed by atoms with Gasteiger partial charge in [0, 0.05) is 13.0 Å². The van der Waals surface area contributed by atoms with Crippen molar-refractivity contribution in [3.05, 3.63) is 0 Å². The molecular formula is C9H14N2O5S. The monoisotopic (exact) mass is 262 g/mol. The Labute approximate surface area is 98.6 Å². The van der Waals surface area contributed by atoms with Gasteiger partial charge in [-0.15, -0.1) is 0 Å². The molecule has 0 radical (unpaired) electrons. The number of amides is 1. The molecule has 3 N–H and O–H groups in total. The standard InChI is InChI=1S/C9H14N2O5S/c10-17(15,16)6-3-7(12)11(4-6)8(9(13)14)5-1-2-5/h5-6,8H,1-4H2,(H,13,14)(H2,10,15,16). The Kier molecular flexibility index (Phi) is 2.86. The first-order valence-electron chi connectivity index (χ1n) is 5.34. The number of hydrogen-bond acceptors (Lipinski definition) is 4. The van der Waals surface area contributed by atoms with Crippen LogP contribution in [0.1, 0.15) is 19.3 Å². The molecule has 1 saturated heterocycles. The molecule has 1 amide bonds. The summed E-state index contributed by atoms with van der Waals surface area (Å²) in [5.74, 6) is -1.56. The number of nitrogens with zero attached hydrogens (tertiary/aromatic N) is 1. The molecule has 2 unspecified atom stereocenters. The third kappa shape index (κ3) is 2.42. The van der Waals surface area contributed by atoms with E-state index in [0.29, 0.717) is 0 Å². The van der Waals surface area contributed by atoms with E-state index in [0.717, 1.165) is 17.7 Å². The van der Waals surface area contributed by atoms with Crippen LogP contribution in [0, 0.1) is 5.92 Å². The average molecular weight is 262 g/mol. The first-order chi connectivity index (χ1) is 7.80. The lowest BCUT2D eigenvalue weighted by Gasteiger charge is -2.24. The molecule has 1 saturated carbocycles. The van der Waals surface area contributed by atoms with E-state index in [4.69, 9.17) is 10.2 Å². The van der Waals surface area contributed by atoms with Gasteiger partial charge >= 0.3 is 5.97 Å². The van der Waals surface area contributed by atoms with Crippen LogP contribution in [0.25, 0.3) is 0 Å². The van der Waals surface area contributed by atoms with E-state index >= 15 is 0 Å². The predicted octanol–water partition coefficient (Wildman–Crippen LogP) is -1.26. The van der Waals surface area contributed by atoms with E-state index in [9.17, 15) is 18.0 Å². The summed E-state index contributed by atoms with van der Waals surface area (Å²) in [5, 5.41) is 13.1. The van der Waals surface area contributed by atoms with Gasteiger partial charge in [0.25, 0.3) is 0 Å². The van der Waals surface area contributed by atoms with Crippen molar-refractivity contribution in [1.82, 2.24) is 4.90 Å². The van der Waals surface area contributed by atoms with Crippen molar-refractivity contribution >= 4 is 21.9 Å². The van der Waals surface area contributed by atoms with Gasteiger partial charge in [-0.25, -0.2) is 18.4 Å². The smallest absolute Gasteiger partial charge is 0.326 e. The Morgan fingerprint density at radius 2 is 2.06 bits per heavy atom. The second kappa shape index (κ2) is 3.95. The van der Waals surface area contributed by atoms with Crippen LogP contribution in [-0.2, 0) is 19.6 Å². The Balaban J connectivity index is 2.17. The molecule has 8 heteroatoms. The molecule has 0 aromatic carbocycles. The van der Waals surface area contributed by atoms with E-state index in [1.54, 1.807) is 0 Å². The lowest BCUT2D eigenvalue weighted by molar-refractivity contribution is -0.149. The van der Waals surface area contributed by atoms with Crippen molar-refractivity contribution in [2.45, 2.75) is 30.6 Å². The van der Waals surface area contributed by atoms with Gasteiger partial charge in [-0.3, -0.25) is 4.79 Å². The van der Waals surface area contributed by atoms with Crippen LogP contribution in [-0.4, -0.2) is 48.1 Å². The Bertz CT molecular complexity index is 456. The second-order valence-corrected chi connectivity index (χ2v) is 6.43. The van der Waals surface area contributed by atoms with E-state index in [2.05, 4.69) is 0 Å². The summed E-state index contributed by atoms with van der Waals surface area (Å²) in [6.45, 7) is -0.106. The molecule has 1 aliphatic carbocycles. The molecular weight excluding hydrogens is 248 g/mol. The van der Waals surface area contributed by atoms with Crippen LogP contribution in [0.3, 0.4) is 0 Å². The Hall–Kier alpha value is -1.15. The Morgan fingerprint density at radius 1 is 1.47 bits per heavy atom. The summed E-state index contributed by atoms with van der Waals surface area (Å²) in [6, 6.07) is -0.894. The highest BCUT2D eigenvalue weighted by molar-refractivity contribution is 7.89. The molecule has 0 bridgehead atoms. The summed E-state index contributed by atoms with van der Waals surface area (Å²) in [7, 11) is -3.79. The van der Waals surface area contributed by atoms with E-state index in [1.807, 2.05) is 0 Å². The maximum atomic E-state index is 11.7. The minimum Gasteiger partial charge on any atom is -0.480 e. The summed E-state index contributed by atoms with van der Waals surface area (Å²) in [5.41, 5.74) is 0. The first-order valence-corrected chi connectivity index (χ1v) is 6.95. The zero-order valence-corrected chi connectivity index (χ0v) is 9.89. The molecule has 1 heterocycles. The number of carbonyl (C=O) groups excluding carboxylic acids is 1. The fraction of sp³-hybridized carbons (Fsp3) is 0.778. The van der Waals surface area contributed by atoms with E-state index in [-0.39, 0.29) is 18.9 Å². The number of rotatable bonds is 4. The van der Waals surface area contributed by atoms with E-state index < -0.39 is 33.2 Å². The molecule has 2 atom stereocenters. The molecule has 0 aromatic heterocycles. The number of sulfonamides is 1. The molecule has 2 fully saturated rings. The summed E-state index contributed by atoms with van der Waals surface area (Å²) >= 11 is 0. The lowest BCUT2D eigenvalue weighted by atomic mass is 10.1. The number of likely N-dealkylation sites (tertiary alicyclic amines) is 1. The average Bonchev–Trinajstić information content (AvgIpc) is 2.90. The highest BCUT2D eigenvalue weighted by Crippen LogP contribution is 2.37. The number of carboxylic acids is 1. The van der Waals surface area contributed by atoms with Crippen molar-refractivity contribution in [3.8, 4) is 0 Å². The summed E-state index contributed by atoms with van der Waals surface area (Å²) in [6.07, 6.45) is 1.32. The maximum Gasteiger partial charge on any atom is 0.326 e. The molecule has 0 aromatic rings. The van der Waals surface area contributed by atoms with Gasteiger partial charge in [0.1, 0.15) is 11.3 Å². The largest absolute Gasteiger partial charge is 0.480 e. The van der Waals surface area contributed by atoms with E-state index in [1.165, 1.54) is 0 Å². The molecule has 17 heavy (non-hydrogen) atoms. The van der Waals surface area contributed by atoms with Crippen LogP contribution in [0.2, 0.25) is 0 Å². The molecule has 1 aliphatic heterocycles. The third-order valence-electron chi connectivity index (χ3n) is 3.24. The zero-order valence-electron chi connectivity index (χ0n) is 9.07. The van der Waals surface area contributed by atoms with Gasteiger partial charge in [-0.05, 0) is 18.8 Å². The fourth-order valence-corrected chi connectivity index (χ4v) is 2.93. The number of aliphatic carboxylic acids is 1. The first kappa shape index (κ1) is 12.3. The molecule has 0 spiro atoms. The third-order valence-corrected chi connectivity index (χ3v) is 4.49. The van der Waals surface area contributed by atoms with Crippen LogP contribution in [0.4, 0.5) is 0 Å². The number of hydrogen-bond donors (Lipinski definition) is 2. The fourth-order valence-electron chi connectivity index (χ4n) is 2.19. The lowest BCUT2D eigenvalue weighted by Crippen LogP contribution is -2.44.